The van der Waals surface area contributed by atoms with Crippen molar-refractivity contribution in [3.63, 3.8) is 0 Å². The lowest BCUT2D eigenvalue weighted by molar-refractivity contribution is -0.123. The Hall–Kier alpha value is -1.84. The highest BCUT2D eigenvalue weighted by Gasteiger charge is 2.24. The molecular formula is C15H20N2O2. The molecule has 102 valence electrons. The summed E-state index contributed by atoms with van der Waals surface area (Å²) in [5, 5.41) is 4.08. The van der Waals surface area contributed by atoms with Crippen LogP contribution in [0.2, 0.25) is 0 Å². The Kier molecular flexibility index (Phi) is 4.20. The van der Waals surface area contributed by atoms with E-state index in [0.29, 0.717) is 5.92 Å². The second kappa shape index (κ2) is 5.87. The van der Waals surface area contributed by atoms with E-state index in [4.69, 9.17) is 4.74 Å². The molecule has 4 heteroatoms. The van der Waals surface area contributed by atoms with Crippen LogP contribution in [0.15, 0.2) is 23.3 Å². The molecule has 0 saturated heterocycles. The van der Waals surface area contributed by atoms with Gasteiger partial charge in [0.1, 0.15) is 5.75 Å². The first-order valence-corrected chi connectivity index (χ1v) is 6.59. The SMILES string of the molecule is C/C(=N\NC(=O)COc1cc(C)ccc1C)C1CC1. The molecule has 0 bridgehead atoms. The summed E-state index contributed by atoms with van der Waals surface area (Å²) in [6, 6.07) is 5.94. The number of nitrogens with zero attached hydrogens (tertiary/aromatic N) is 1. The van der Waals surface area contributed by atoms with Crippen LogP contribution in [0.5, 0.6) is 5.75 Å². The van der Waals surface area contributed by atoms with Crippen LogP contribution in [-0.4, -0.2) is 18.2 Å². The summed E-state index contributed by atoms with van der Waals surface area (Å²) in [6.07, 6.45) is 2.37. The summed E-state index contributed by atoms with van der Waals surface area (Å²) >= 11 is 0. The fraction of sp³-hybridized carbons (Fsp3) is 0.467. The van der Waals surface area contributed by atoms with Crippen molar-refractivity contribution in [3.8, 4) is 5.75 Å². The van der Waals surface area contributed by atoms with E-state index >= 15 is 0 Å². The van der Waals surface area contributed by atoms with Crippen LogP contribution in [0.1, 0.15) is 30.9 Å². The molecule has 1 aliphatic carbocycles. The Morgan fingerprint density at radius 2 is 2.16 bits per heavy atom. The molecule has 1 N–H and O–H groups in total. The molecule has 0 spiro atoms. The number of amides is 1. The van der Waals surface area contributed by atoms with Crippen LogP contribution in [-0.2, 0) is 4.79 Å². The number of hydrogen-bond acceptors (Lipinski definition) is 3. The van der Waals surface area contributed by atoms with Gasteiger partial charge in [-0.1, -0.05) is 12.1 Å². The molecule has 0 heterocycles. The van der Waals surface area contributed by atoms with Crippen LogP contribution in [0.3, 0.4) is 0 Å². The van der Waals surface area contributed by atoms with Gasteiger partial charge in [-0.2, -0.15) is 5.10 Å². The van der Waals surface area contributed by atoms with E-state index in [9.17, 15) is 4.79 Å². The molecule has 0 radical (unpaired) electrons. The minimum atomic E-state index is -0.221. The third-order valence-electron chi connectivity index (χ3n) is 3.23. The zero-order chi connectivity index (χ0) is 13.8. The molecule has 1 amide bonds. The Morgan fingerprint density at radius 1 is 1.42 bits per heavy atom. The lowest BCUT2D eigenvalue weighted by atomic mass is 10.1. The smallest absolute Gasteiger partial charge is 0.277 e. The highest BCUT2D eigenvalue weighted by Crippen LogP contribution is 2.30. The van der Waals surface area contributed by atoms with Crippen molar-refractivity contribution in [2.24, 2.45) is 11.0 Å². The number of carbonyl (C=O) groups is 1. The highest BCUT2D eigenvalue weighted by molar-refractivity contribution is 5.88. The van der Waals surface area contributed by atoms with Gasteiger partial charge < -0.3 is 4.74 Å². The van der Waals surface area contributed by atoms with E-state index in [0.717, 1.165) is 22.6 Å². The summed E-state index contributed by atoms with van der Waals surface area (Å²) in [7, 11) is 0. The standard InChI is InChI=1S/C15H20N2O2/c1-10-4-5-11(2)14(8-10)19-9-15(18)17-16-12(3)13-6-7-13/h4-5,8,13H,6-7,9H2,1-3H3,(H,17,18)/b16-12+. The average molecular weight is 260 g/mol. The molecule has 0 unspecified atom stereocenters. The number of aryl methyl sites for hydroxylation is 2. The number of nitrogens with one attached hydrogen (secondary N) is 1. The van der Waals surface area contributed by atoms with Crippen LogP contribution in [0.4, 0.5) is 0 Å². The zero-order valence-electron chi connectivity index (χ0n) is 11.7. The molecule has 1 aromatic carbocycles. The summed E-state index contributed by atoms with van der Waals surface area (Å²) in [6.45, 7) is 5.90. The highest BCUT2D eigenvalue weighted by atomic mass is 16.5. The Balaban J connectivity index is 1.82. The van der Waals surface area contributed by atoms with Gasteiger partial charge in [0.15, 0.2) is 6.61 Å². The van der Waals surface area contributed by atoms with E-state index in [-0.39, 0.29) is 12.5 Å². The average Bonchev–Trinajstić information content (AvgIpc) is 3.21. The van der Waals surface area contributed by atoms with Gasteiger partial charge >= 0.3 is 0 Å². The molecule has 0 aliphatic heterocycles. The topological polar surface area (TPSA) is 50.7 Å². The van der Waals surface area contributed by atoms with Gasteiger partial charge in [-0.15, -0.1) is 0 Å². The minimum absolute atomic E-state index is 0.00819. The maximum Gasteiger partial charge on any atom is 0.277 e. The van der Waals surface area contributed by atoms with Crippen molar-refractivity contribution in [1.82, 2.24) is 5.43 Å². The molecule has 1 aliphatic rings. The second-order valence-electron chi connectivity index (χ2n) is 5.12. The number of hydrogen-bond donors (Lipinski definition) is 1. The van der Waals surface area contributed by atoms with E-state index in [1.54, 1.807) is 0 Å². The van der Waals surface area contributed by atoms with Crippen LogP contribution in [0.25, 0.3) is 0 Å². The van der Waals surface area contributed by atoms with Crippen molar-refractivity contribution in [3.05, 3.63) is 29.3 Å². The first-order chi connectivity index (χ1) is 9.06. The number of rotatable bonds is 5. The first kappa shape index (κ1) is 13.6. The number of benzene rings is 1. The van der Waals surface area contributed by atoms with Crippen molar-refractivity contribution < 1.29 is 9.53 Å². The molecule has 1 aromatic rings. The molecule has 4 nitrogen and oxygen atoms in total. The monoisotopic (exact) mass is 260 g/mol. The largest absolute Gasteiger partial charge is 0.483 e. The Bertz CT molecular complexity index is 505. The van der Waals surface area contributed by atoms with Gasteiger partial charge in [0.2, 0.25) is 0 Å². The van der Waals surface area contributed by atoms with Gasteiger partial charge in [0.25, 0.3) is 5.91 Å². The molecular weight excluding hydrogens is 240 g/mol. The summed E-state index contributed by atoms with van der Waals surface area (Å²) in [5.74, 6) is 1.10. The normalized spacial score (nSPS) is 15.2. The van der Waals surface area contributed by atoms with E-state index in [2.05, 4.69) is 10.5 Å². The van der Waals surface area contributed by atoms with Gasteiger partial charge in [-0.3, -0.25) is 4.79 Å². The fourth-order valence-corrected chi connectivity index (χ4v) is 1.78. The number of carbonyl (C=O) groups excluding carboxylic acids is 1. The van der Waals surface area contributed by atoms with Crippen molar-refractivity contribution in [2.75, 3.05) is 6.61 Å². The molecule has 2 rings (SSSR count). The predicted molar refractivity (Wildman–Crippen MR) is 75.4 cm³/mol. The first-order valence-electron chi connectivity index (χ1n) is 6.59. The van der Waals surface area contributed by atoms with Gasteiger partial charge in [0, 0.05) is 5.71 Å². The summed E-state index contributed by atoms with van der Waals surface area (Å²) in [5.41, 5.74) is 5.67. The third kappa shape index (κ3) is 4.09. The molecule has 1 fully saturated rings. The van der Waals surface area contributed by atoms with Crippen molar-refractivity contribution >= 4 is 11.6 Å². The molecule has 0 aromatic heterocycles. The van der Waals surface area contributed by atoms with Crippen LogP contribution >= 0.6 is 0 Å². The maximum atomic E-state index is 11.6. The van der Waals surface area contributed by atoms with E-state index < -0.39 is 0 Å². The molecule has 0 atom stereocenters. The van der Waals surface area contributed by atoms with Gasteiger partial charge in [-0.25, -0.2) is 5.43 Å². The molecule has 1 saturated carbocycles. The van der Waals surface area contributed by atoms with E-state index in [1.807, 2.05) is 39.0 Å². The second-order valence-corrected chi connectivity index (χ2v) is 5.12. The quantitative estimate of drug-likeness (QED) is 0.653. The minimum Gasteiger partial charge on any atom is -0.483 e. The van der Waals surface area contributed by atoms with Crippen LogP contribution < -0.4 is 10.2 Å². The fourth-order valence-electron chi connectivity index (χ4n) is 1.78. The third-order valence-corrected chi connectivity index (χ3v) is 3.23. The van der Waals surface area contributed by atoms with Gasteiger partial charge in [-0.05, 0) is 56.7 Å². The predicted octanol–water partition coefficient (Wildman–Crippen LogP) is 2.58. The summed E-state index contributed by atoms with van der Waals surface area (Å²) < 4.78 is 5.51. The Morgan fingerprint density at radius 3 is 2.84 bits per heavy atom. The lowest BCUT2D eigenvalue weighted by Crippen LogP contribution is -2.25. The Labute approximate surface area is 113 Å². The van der Waals surface area contributed by atoms with E-state index in [1.165, 1.54) is 12.8 Å². The number of hydrazone groups is 1. The number of ether oxygens (including phenoxy) is 1. The van der Waals surface area contributed by atoms with Crippen molar-refractivity contribution in [2.45, 2.75) is 33.6 Å². The van der Waals surface area contributed by atoms with Crippen LogP contribution in [0, 0.1) is 19.8 Å². The van der Waals surface area contributed by atoms with Gasteiger partial charge in [0.05, 0.1) is 0 Å². The van der Waals surface area contributed by atoms with Crippen molar-refractivity contribution in [1.29, 1.82) is 0 Å². The lowest BCUT2D eigenvalue weighted by Gasteiger charge is -2.09. The molecule has 19 heavy (non-hydrogen) atoms. The zero-order valence-corrected chi connectivity index (χ0v) is 11.7. The summed E-state index contributed by atoms with van der Waals surface area (Å²) in [4.78, 5) is 11.6. The maximum absolute atomic E-state index is 11.6.